The first-order valence-electron chi connectivity index (χ1n) is 12.7. The number of carbonyl (C=O) groups excluding carboxylic acids is 2. The number of hydrogen-bond donors (Lipinski definition) is 2. The summed E-state index contributed by atoms with van der Waals surface area (Å²) in [6, 6.07) is 14.1. The summed E-state index contributed by atoms with van der Waals surface area (Å²) in [7, 11) is -2.26. The molecular weight excluding hydrogens is 532 g/mol. The zero-order chi connectivity index (χ0) is 27.8. The number of benzene rings is 2. The van der Waals surface area contributed by atoms with Crippen LogP contribution in [0, 0.1) is 11.3 Å². The molecule has 7 nitrogen and oxygen atoms in total. The molecule has 0 saturated heterocycles. The topological polar surface area (TPSA) is 102 Å². The average Bonchev–Trinajstić information content (AvgIpc) is 3.00. The van der Waals surface area contributed by atoms with Crippen molar-refractivity contribution in [1.29, 1.82) is 0 Å². The molecule has 0 aromatic heterocycles. The molecule has 2 atom stereocenters. The molecule has 202 valence electrons. The number of allylic oxidation sites excluding steroid dienone is 4. The lowest BCUT2D eigenvalue weighted by Gasteiger charge is -2.30. The number of carbonyl (C=O) groups is 2. The molecule has 2 amide bonds. The minimum absolute atomic E-state index is 0.0252. The molecule has 3 aliphatic rings. The van der Waals surface area contributed by atoms with E-state index in [2.05, 4.69) is 29.7 Å². The fourth-order valence-electron chi connectivity index (χ4n) is 4.86. The standard InChI is InChI=1S/C30H30N2O5S2/c1-19-11-12-20(15-25(19)38-22-8-6-7-21(16-22)37-3)18-31-29(34)30(2)14-13-27-24(17-30)32-28(33)23-9-4-5-10-26(23)39(27,35)36/h4-10,12-16,19H,11,17-18H2,1-3H3,(H,31,34)(H,32,33). The highest BCUT2D eigenvalue weighted by atomic mass is 32.2. The van der Waals surface area contributed by atoms with Gasteiger partial charge in [0, 0.05) is 23.6 Å². The van der Waals surface area contributed by atoms with Crippen LogP contribution in [0.5, 0.6) is 5.75 Å². The van der Waals surface area contributed by atoms with Crippen LogP contribution in [0.15, 0.2) is 104 Å². The van der Waals surface area contributed by atoms with E-state index >= 15 is 0 Å². The number of thioether (sulfide) groups is 1. The van der Waals surface area contributed by atoms with Gasteiger partial charge in [0.1, 0.15) is 5.75 Å². The van der Waals surface area contributed by atoms with Gasteiger partial charge < -0.3 is 15.4 Å². The third-order valence-electron chi connectivity index (χ3n) is 7.21. The second kappa shape index (κ2) is 10.5. The summed E-state index contributed by atoms with van der Waals surface area (Å²) in [4.78, 5) is 28.5. The van der Waals surface area contributed by atoms with Gasteiger partial charge in [-0.3, -0.25) is 9.59 Å². The first-order valence-corrected chi connectivity index (χ1v) is 15.0. The lowest BCUT2D eigenvalue weighted by atomic mass is 9.81. The van der Waals surface area contributed by atoms with Crippen molar-refractivity contribution in [3.05, 3.63) is 99.5 Å². The van der Waals surface area contributed by atoms with E-state index in [1.165, 1.54) is 23.1 Å². The maximum atomic E-state index is 13.4. The third-order valence-corrected chi connectivity index (χ3v) is 10.4. The molecule has 9 heteroatoms. The Labute approximate surface area is 233 Å². The van der Waals surface area contributed by atoms with Gasteiger partial charge in [0.25, 0.3) is 5.91 Å². The van der Waals surface area contributed by atoms with E-state index in [0.717, 1.165) is 22.6 Å². The molecule has 0 radical (unpaired) electrons. The van der Waals surface area contributed by atoms with E-state index in [4.69, 9.17) is 4.74 Å². The average molecular weight is 563 g/mol. The van der Waals surface area contributed by atoms with Gasteiger partial charge >= 0.3 is 0 Å². The number of rotatable bonds is 6. The number of ether oxygens (including phenoxy) is 1. The van der Waals surface area contributed by atoms with Crippen molar-refractivity contribution < 1.29 is 22.7 Å². The summed E-state index contributed by atoms with van der Waals surface area (Å²) in [5.41, 5.74) is 0.317. The van der Waals surface area contributed by atoms with Gasteiger partial charge in [0.2, 0.25) is 15.7 Å². The number of amides is 2. The number of hydrogen-bond acceptors (Lipinski definition) is 6. The Balaban J connectivity index is 1.29. The van der Waals surface area contributed by atoms with E-state index in [1.54, 1.807) is 44.0 Å². The lowest BCUT2D eigenvalue weighted by Crippen LogP contribution is -2.41. The van der Waals surface area contributed by atoms with E-state index in [-0.39, 0.29) is 33.4 Å². The monoisotopic (exact) mass is 562 g/mol. The number of sulfone groups is 1. The second-order valence-electron chi connectivity index (χ2n) is 10.2. The van der Waals surface area contributed by atoms with Crippen molar-refractivity contribution in [2.24, 2.45) is 11.3 Å². The van der Waals surface area contributed by atoms with Crippen LogP contribution in [-0.2, 0) is 14.6 Å². The fourth-order valence-corrected chi connectivity index (χ4v) is 7.61. The van der Waals surface area contributed by atoms with Gasteiger partial charge in [0.05, 0.1) is 27.9 Å². The lowest BCUT2D eigenvalue weighted by molar-refractivity contribution is -0.127. The van der Waals surface area contributed by atoms with Crippen LogP contribution in [0.4, 0.5) is 0 Å². The van der Waals surface area contributed by atoms with Crippen LogP contribution in [0.1, 0.15) is 37.0 Å². The molecule has 1 aliphatic heterocycles. The Kier molecular flexibility index (Phi) is 7.31. The predicted octanol–water partition coefficient (Wildman–Crippen LogP) is 5.15. The van der Waals surface area contributed by atoms with Crippen LogP contribution >= 0.6 is 11.8 Å². The van der Waals surface area contributed by atoms with Crippen LogP contribution < -0.4 is 15.4 Å². The van der Waals surface area contributed by atoms with Crippen molar-refractivity contribution >= 4 is 33.4 Å². The summed E-state index contributed by atoms with van der Waals surface area (Å²) < 4.78 is 32.0. The van der Waals surface area contributed by atoms with Crippen LogP contribution in [-0.4, -0.2) is 33.9 Å². The zero-order valence-corrected chi connectivity index (χ0v) is 23.6. The molecule has 5 rings (SSSR count). The highest BCUT2D eigenvalue weighted by Gasteiger charge is 2.40. The molecule has 39 heavy (non-hydrogen) atoms. The van der Waals surface area contributed by atoms with E-state index in [9.17, 15) is 18.0 Å². The molecular formula is C30H30N2O5S2. The third kappa shape index (κ3) is 5.33. The minimum Gasteiger partial charge on any atom is -0.497 e. The number of fused-ring (bicyclic) bond motifs is 1. The van der Waals surface area contributed by atoms with Crippen molar-refractivity contribution in [2.75, 3.05) is 13.7 Å². The molecule has 2 aromatic rings. The van der Waals surface area contributed by atoms with Crippen molar-refractivity contribution in [1.82, 2.24) is 10.6 Å². The Morgan fingerprint density at radius 1 is 1.21 bits per heavy atom. The smallest absolute Gasteiger partial charge is 0.256 e. The Bertz CT molecular complexity index is 1590. The Morgan fingerprint density at radius 3 is 2.79 bits per heavy atom. The van der Waals surface area contributed by atoms with Crippen molar-refractivity contribution in [3.8, 4) is 5.75 Å². The van der Waals surface area contributed by atoms with Gasteiger partial charge in [-0.1, -0.05) is 49.0 Å². The maximum Gasteiger partial charge on any atom is 0.256 e. The molecule has 0 fully saturated rings. The zero-order valence-electron chi connectivity index (χ0n) is 22.0. The maximum absolute atomic E-state index is 13.4. The van der Waals surface area contributed by atoms with E-state index < -0.39 is 21.2 Å². The Hall–Kier alpha value is -3.56. The van der Waals surface area contributed by atoms with Crippen LogP contribution in [0.25, 0.3) is 0 Å². The normalized spacial score (nSPS) is 23.5. The largest absolute Gasteiger partial charge is 0.497 e. The summed E-state index contributed by atoms with van der Waals surface area (Å²) in [6.45, 7) is 4.27. The molecule has 2 N–H and O–H groups in total. The highest BCUT2D eigenvalue weighted by Crippen LogP contribution is 2.40. The SMILES string of the molecule is COc1cccc(SC2=CC(CNC(=O)C3(C)C=CC4=C(C3)NC(=O)c3ccccc3S4(=O)=O)=CCC2C)c1. The summed E-state index contributed by atoms with van der Waals surface area (Å²) in [6.07, 6.45) is 8.25. The van der Waals surface area contributed by atoms with Gasteiger partial charge in [0.15, 0.2) is 0 Å². The van der Waals surface area contributed by atoms with Crippen molar-refractivity contribution in [2.45, 2.75) is 36.5 Å². The molecule has 1 heterocycles. The molecule has 2 aliphatic carbocycles. The molecule has 2 unspecified atom stereocenters. The molecule has 2 aromatic carbocycles. The Morgan fingerprint density at radius 2 is 2.00 bits per heavy atom. The molecule has 0 bridgehead atoms. The van der Waals surface area contributed by atoms with Gasteiger partial charge in [-0.2, -0.15) is 0 Å². The first kappa shape index (κ1) is 27.0. The van der Waals surface area contributed by atoms with E-state index in [1.807, 2.05) is 24.3 Å². The van der Waals surface area contributed by atoms with Crippen LogP contribution in [0.2, 0.25) is 0 Å². The van der Waals surface area contributed by atoms with Gasteiger partial charge in [-0.05, 0) is 72.2 Å². The number of nitrogens with one attached hydrogen (secondary N) is 2. The quantitative estimate of drug-likeness (QED) is 0.505. The highest BCUT2D eigenvalue weighted by molar-refractivity contribution is 8.03. The molecule has 0 saturated carbocycles. The van der Waals surface area contributed by atoms with Crippen LogP contribution in [0.3, 0.4) is 0 Å². The predicted molar refractivity (Wildman–Crippen MR) is 152 cm³/mol. The minimum atomic E-state index is -3.91. The summed E-state index contributed by atoms with van der Waals surface area (Å²) in [5, 5.41) is 5.77. The van der Waals surface area contributed by atoms with Crippen molar-refractivity contribution in [3.63, 3.8) is 0 Å². The van der Waals surface area contributed by atoms with Gasteiger partial charge in [-0.25, -0.2) is 8.42 Å². The van der Waals surface area contributed by atoms with E-state index in [0.29, 0.717) is 12.5 Å². The summed E-state index contributed by atoms with van der Waals surface area (Å²) >= 11 is 1.69. The number of methoxy groups -OCH3 is 1. The fraction of sp³-hybridized carbons (Fsp3) is 0.267. The molecule has 0 spiro atoms. The van der Waals surface area contributed by atoms with Gasteiger partial charge in [-0.15, -0.1) is 0 Å². The summed E-state index contributed by atoms with van der Waals surface area (Å²) in [5.74, 6) is 0.425. The first-order chi connectivity index (χ1) is 18.6. The second-order valence-corrected chi connectivity index (χ2v) is 13.2.